The highest BCUT2D eigenvalue weighted by atomic mass is 79.9. The number of ether oxygens (including phenoxy) is 2. The van der Waals surface area contributed by atoms with Crippen LogP contribution in [0.1, 0.15) is 16.1 Å². The van der Waals surface area contributed by atoms with Crippen molar-refractivity contribution >= 4 is 39.8 Å². The lowest BCUT2D eigenvalue weighted by atomic mass is 10.2. The van der Waals surface area contributed by atoms with Crippen molar-refractivity contribution in [1.82, 2.24) is 5.43 Å². The van der Waals surface area contributed by atoms with Gasteiger partial charge in [-0.25, -0.2) is 5.43 Å². The minimum Gasteiger partial charge on any atom is -0.497 e. The Balaban J connectivity index is 1.66. The number of halogens is 1. The number of hydrogen-bond donors (Lipinski definition) is 1. The van der Waals surface area contributed by atoms with Crippen LogP contribution in [0.3, 0.4) is 0 Å². The van der Waals surface area contributed by atoms with Crippen LogP contribution in [0.15, 0.2) is 78.6 Å². The van der Waals surface area contributed by atoms with E-state index in [9.17, 15) is 4.79 Å². The highest BCUT2D eigenvalue weighted by Crippen LogP contribution is 2.35. The van der Waals surface area contributed by atoms with Crippen LogP contribution in [0.25, 0.3) is 0 Å². The number of benzene rings is 2. The second-order valence-electron chi connectivity index (χ2n) is 5.50. The fourth-order valence-electron chi connectivity index (χ4n) is 2.26. The fraction of sp³-hybridized carbons (Fsp3) is 0.100. The number of nitrogens with one attached hydrogen (secondary N) is 1. The monoisotopic (exact) mass is 460 g/mol. The number of carbonyl (C=O) groups is 1. The molecule has 3 aromatic rings. The number of furan rings is 1. The molecule has 0 aliphatic carbocycles. The van der Waals surface area contributed by atoms with Crippen molar-refractivity contribution in [3.05, 3.63) is 70.4 Å². The van der Waals surface area contributed by atoms with E-state index >= 15 is 0 Å². The fourth-order valence-corrected chi connectivity index (χ4v) is 3.61. The van der Waals surface area contributed by atoms with Crippen molar-refractivity contribution in [3.8, 4) is 11.5 Å². The van der Waals surface area contributed by atoms with Crippen molar-refractivity contribution in [2.75, 3.05) is 14.2 Å². The molecule has 0 saturated carbocycles. The summed E-state index contributed by atoms with van der Waals surface area (Å²) >= 11 is 4.96. The topological polar surface area (TPSA) is 73.1 Å². The minimum absolute atomic E-state index is 0.370. The number of amides is 1. The average Bonchev–Trinajstić information content (AvgIpc) is 3.07. The van der Waals surface area contributed by atoms with Crippen LogP contribution in [-0.2, 0) is 0 Å². The van der Waals surface area contributed by atoms with Gasteiger partial charge in [-0.15, -0.1) is 0 Å². The molecule has 0 aliphatic heterocycles. The molecule has 1 N–H and O–H groups in total. The summed E-state index contributed by atoms with van der Waals surface area (Å²) in [5.74, 6) is 1.16. The number of hydrazone groups is 1. The van der Waals surface area contributed by atoms with E-state index in [1.54, 1.807) is 24.3 Å². The van der Waals surface area contributed by atoms with Gasteiger partial charge in [-0.05, 0) is 40.2 Å². The van der Waals surface area contributed by atoms with Crippen LogP contribution >= 0.6 is 27.7 Å². The average molecular weight is 461 g/mol. The summed E-state index contributed by atoms with van der Waals surface area (Å²) in [5, 5.41) is 4.67. The number of rotatable bonds is 7. The molecule has 28 heavy (non-hydrogen) atoms. The Morgan fingerprint density at radius 2 is 1.79 bits per heavy atom. The van der Waals surface area contributed by atoms with E-state index in [-0.39, 0.29) is 0 Å². The van der Waals surface area contributed by atoms with E-state index in [0.29, 0.717) is 27.9 Å². The molecule has 0 bridgehead atoms. The molecule has 0 spiro atoms. The molecule has 0 radical (unpaired) electrons. The number of carbonyl (C=O) groups excluding carboxylic acids is 1. The van der Waals surface area contributed by atoms with Gasteiger partial charge in [-0.3, -0.25) is 4.79 Å². The van der Waals surface area contributed by atoms with Gasteiger partial charge in [-0.1, -0.05) is 30.0 Å². The van der Waals surface area contributed by atoms with Crippen LogP contribution in [0.2, 0.25) is 0 Å². The first-order valence-corrected chi connectivity index (χ1v) is 9.78. The van der Waals surface area contributed by atoms with E-state index in [1.165, 1.54) is 32.2 Å². The lowest BCUT2D eigenvalue weighted by Gasteiger charge is -2.07. The first-order valence-electron chi connectivity index (χ1n) is 8.17. The standard InChI is InChI=1S/C20H17BrN2O4S/c1-25-14-8-13(9-15(10-14)26-2)19(24)23-22-12-16-11-18(21)20(27-16)28-17-6-4-3-5-7-17/h3-12H,1-2H3,(H,23,24). The Morgan fingerprint density at radius 3 is 2.43 bits per heavy atom. The maximum absolute atomic E-state index is 12.3. The molecule has 0 fully saturated rings. The molecular formula is C20H17BrN2O4S. The molecule has 3 rings (SSSR count). The SMILES string of the molecule is COc1cc(OC)cc(C(=O)NN=Cc2cc(Br)c(Sc3ccccc3)o2)c1. The van der Waals surface area contributed by atoms with Crippen molar-refractivity contribution < 1.29 is 18.7 Å². The second kappa shape index (κ2) is 9.48. The van der Waals surface area contributed by atoms with E-state index in [2.05, 4.69) is 26.5 Å². The third-order valence-electron chi connectivity index (χ3n) is 3.60. The van der Waals surface area contributed by atoms with Crippen molar-refractivity contribution in [1.29, 1.82) is 0 Å². The molecular weight excluding hydrogens is 444 g/mol. The zero-order chi connectivity index (χ0) is 19.9. The van der Waals surface area contributed by atoms with Gasteiger partial charge < -0.3 is 13.9 Å². The van der Waals surface area contributed by atoms with Gasteiger partial charge in [-0.2, -0.15) is 5.10 Å². The Labute approximate surface area is 175 Å². The highest BCUT2D eigenvalue weighted by Gasteiger charge is 2.11. The molecule has 1 aromatic heterocycles. The summed E-state index contributed by atoms with van der Waals surface area (Å²) in [5.41, 5.74) is 2.84. The number of methoxy groups -OCH3 is 2. The number of nitrogens with zero attached hydrogens (tertiary/aromatic N) is 1. The maximum atomic E-state index is 12.3. The number of hydrogen-bond acceptors (Lipinski definition) is 6. The third-order valence-corrected chi connectivity index (χ3v) is 5.45. The van der Waals surface area contributed by atoms with Gasteiger partial charge in [0.2, 0.25) is 0 Å². The first-order chi connectivity index (χ1) is 13.6. The zero-order valence-corrected chi connectivity index (χ0v) is 17.5. The summed E-state index contributed by atoms with van der Waals surface area (Å²) in [7, 11) is 3.04. The van der Waals surface area contributed by atoms with Crippen molar-refractivity contribution in [3.63, 3.8) is 0 Å². The van der Waals surface area contributed by atoms with Gasteiger partial charge >= 0.3 is 0 Å². The quantitative estimate of drug-likeness (QED) is 0.397. The Hall–Kier alpha value is -2.71. The second-order valence-corrected chi connectivity index (χ2v) is 7.40. The molecule has 1 heterocycles. The molecule has 8 heteroatoms. The van der Waals surface area contributed by atoms with E-state index < -0.39 is 5.91 Å². The molecule has 0 unspecified atom stereocenters. The van der Waals surface area contributed by atoms with Gasteiger partial charge in [0.15, 0.2) is 5.09 Å². The zero-order valence-electron chi connectivity index (χ0n) is 15.1. The first kappa shape index (κ1) is 20.0. The third kappa shape index (κ3) is 5.17. The molecule has 0 aliphatic rings. The molecule has 1 amide bonds. The van der Waals surface area contributed by atoms with Crippen LogP contribution in [-0.4, -0.2) is 26.3 Å². The van der Waals surface area contributed by atoms with Gasteiger partial charge in [0.1, 0.15) is 17.3 Å². The summed E-state index contributed by atoms with van der Waals surface area (Å²) in [4.78, 5) is 13.4. The van der Waals surface area contributed by atoms with Crippen molar-refractivity contribution in [2.45, 2.75) is 9.99 Å². The highest BCUT2D eigenvalue weighted by molar-refractivity contribution is 9.10. The normalized spacial score (nSPS) is 10.8. The maximum Gasteiger partial charge on any atom is 0.271 e. The largest absolute Gasteiger partial charge is 0.497 e. The predicted octanol–water partition coefficient (Wildman–Crippen LogP) is 4.97. The van der Waals surface area contributed by atoms with Gasteiger partial charge in [0.05, 0.1) is 24.9 Å². The molecule has 144 valence electrons. The van der Waals surface area contributed by atoms with Crippen molar-refractivity contribution in [2.24, 2.45) is 5.10 Å². The van der Waals surface area contributed by atoms with E-state index in [1.807, 2.05) is 30.3 Å². The molecule has 0 saturated heterocycles. The Kier molecular flexibility index (Phi) is 6.78. The molecule has 0 atom stereocenters. The smallest absolute Gasteiger partial charge is 0.271 e. The summed E-state index contributed by atoms with van der Waals surface area (Å²) in [6, 6.07) is 16.6. The Bertz CT molecular complexity index is 967. The van der Waals surface area contributed by atoms with Crippen LogP contribution < -0.4 is 14.9 Å². The molecule has 2 aromatic carbocycles. The summed E-state index contributed by atoms with van der Waals surface area (Å²) < 4.78 is 16.9. The summed E-state index contributed by atoms with van der Waals surface area (Å²) in [6.07, 6.45) is 1.44. The molecule has 6 nitrogen and oxygen atoms in total. The minimum atomic E-state index is -0.391. The van der Waals surface area contributed by atoms with Crippen LogP contribution in [0.5, 0.6) is 11.5 Å². The van der Waals surface area contributed by atoms with Crippen LogP contribution in [0.4, 0.5) is 0 Å². The van der Waals surface area contributed by atoms with Crippen LogP contribution in [0, 0.1) is 0 Å². The Morgan fingerprint density at radius 1 is 1.11 bits per heavy atom. The predicted molar refractivity (Wildman–Crippen MR) is 112 cm³/mol. The van der Waals surface area contributed by atoms with Gasteiger partial charge in [0.25, 0.3) is 5.91 Å². The summed E-state index contributed by atoms with van der Waals surface area (Å²) in [6.45, 7) is 0. The lowest BCUT2D eigenvalue weighted by molar-refractivity contribution is 0.0954. The van der Waals surface area contributed by atoms with E-state index in [4.69, 9.17) is 13.9 Å². The van der Waals surface area contributed by atoms with E-state index in [0.717, 1.165) is 9.37 Å². The van der Waals surface area contributed by atoms with Gasteiger partial charge in [0, 0.05) is 22.6 Å². The lowest BCUT2D eigenvalue weighted by Crippen LogP contribution is -2.17.